The third-order valence-electron chi connectivity index (χ3n) is 2.84. The van der Waals surface area contributed by atoms with Crippen LogP contribution in [0.15, 0.2) is 6.20 Å². The number of aromatic nitrogens is 2. The van der Waals surface area contributed by atoms with Gasteiger partial charge in [0.05, 0.1) is 18.8 Å². The van der Waals surface area contributed by atoms with Crippen LogP contribution in [0.1, 0.15) is 24.4 Å². The minimum atomic E-state index is 0.327. The zero-order valence-electron chi connectivity index (χ0n) is 8.73. The van der Waals surface area contributed by atoms with Crippen LogP contribution in [-0.2, 0) is 4.74 Å². The molecule has 78 valence electrons. The van der Waals surface area contributed by atoms with Crippen molar-refractivity contribution in [3.63, 3.8) is 0 Å². The molecule has 2 N–H and O–H groups in total. The summed E-state index contributed by atoms with van der Waals surface area (Å²) in [7, 11) is 1.72. The van der Waals surface area contributed by atoms with E-state index in [1.807, 2.05) is 17.8 Å². The zero-order valence-corrected chi connectivity index (χ0v) is 8.73. The topological polar surface area (TPSA) is 53.1 Å². The maximum absolute atomic E-state index is 5.94. The van der Waals surface area contributed by atoms with Gasteiger partial charge in [-0.2, -0.15) is 5.10 Å². The van der Waals surface area contributed by atoms with E-state index in [0.29, 0.717) is 18.6 Å². The number of nitrogen functional groups attached to an aromatic ring is 1. The molecular formula is C10H17N3O. The second kappa shape index (κ2) is 3.61. The molecule has 14 heavy (non-hydrogen) atoms. The monoisotopic (exact) mass is 195 g/mol. The van der Waals surface area contributed by atoms with Crippen LogP contribution in [0.2, 0.25) is 0 Å². The van der Waals surface area contributed by atoms with Gasteiger partial charge in [-0.3, -0.25) is 0 Å². The van der Waals surface area contributed by atoms with E-state index in [1.54, 1.807) is 7.11 Å². The molecule has 0 saturated heterocycles. The summed E-state index contributed by atoms with van der Waals surface area (Å²) >= 11 is 0. The molecule has 0 radical (unpaired) electrons. The lowest BCUT2D eigenvalue weighted by molar-refractivity contribution is 0.140. The highest BCUT2D eigenvalue weighted by Gasteiger charge is 2.33. The first-order valence-electron chi connectivity index (χ1n) is 5.02. The van der Waals surface area contributed by atoms with E-state index >= 15 is 0 Å². The van der Waals surface area contributed by atoms with Gasteiger partial charge in [0.25, 0.3) is 0 Å². The quantitative estimate of drug-likeness (QED) is 0.789. The van der Waals surface area contributed by atoms with Gasteiger partial charge < -0.3 is 10.5 Å². The minimum Gasteiger partial charge on any atom is -0.384 e. The van der Waals surface area contributed by atoms with E-state index in [0.717, 1.165) is 11.4 Å². The van der Waals surface area contributed by atoms with Gasteiger partial charge in [-0.25, -0.2) is 4.68 Å². The van der Waals surface area contributed by atoms with Crippen molar-refractivity contribution in [2.75, 3.05) is 19.5 Å². The Kier molecular flexibility index (Phi) is 2.46. The summed E-state index contributed by atoms with van der Waals surface area (Å²) in [6.07, 6.45) is 4.36. The Labute approximate surface area is 84.0 Å². The molecule has 0 bridgehead atoms. The third-order valence-corrected chi connectivity index (χ3v) is 2.84. The second-order valence-electron chi connectivity index (χ2n) is 4.02. The van der Waals surface area contributed by atoms with Crippen LogP contribution in [0, 0.1) is 12.8 Å². The first-order valence-corrected chi connectivity index (χ1v) is 5.02. The third kappa shape index (κ3) is 1.62. The van der Waals surface area contributed by atoms with Gasteiger partial charge in [-0.1, -0.05) is 0 Å². The van der Waals surface area contributed by atoms with Crippen LogP contribution in [0.4, 0.5) is 5.82 Å². The van der Waals surface area contributed by atoms with Crippen LogP contribution in [0.3, 0.4) is 0 Å². The molecule has 4 nitrogen and oxygen atoms in total. The first-order chi connectivity index (χ1) is 6.74. The van der Waals surface area contributed by atoms with Crippen molar-refractivity contribution in [1.82, 2.24) is 9.78 Å². The van der Waals surface area contributed by atoms with E-state index in [2.05, 4.69) is 5.10 Å². The summed E-state index contributed by atoms with van der Waals surface area (Å²) in [5.41, 5.74) is 6.99. The average molecular weight is 195 g/mol. The lowest BCUT2D eigenvalue weighted by Crippen LogP contribution is -2.19. The number of nitrogens with zero attached hydrogens (tertiary/aromatic N) is 2. The standard InChI is InChI=1S/C10H17N3O/c1-7-5-12-13(10(7)11)9(6-14-2)8-3-4-8/h5,8-9H,3-4,6,11H2,1-2H3. The van der Waals surface area contributed by atoms with Gasteiger partial charge in [-0.15, -0.1) is 0 Å². The first kappa shape index (κ1) is 9.52. The number of rotatable bonds is 4. The molecular weight excluding hydrogens is 178 g/mol. The molecule has 1 aliphatic rings. The fourth-order valence-electron chi connectivity index (χ4n) is 1.78. The lowest BCUT2D eigenvalue weighted by Gasteiger charge is -2.17. The molecule has 1 saturated carbocycles. The summed E-state index contributed by atoms with van der Waals surface area (Å²) < 4.78 is 7.12. The maximum atomic E-state index is 5.94. The van der Waals surface area contributed by atoms with Gasteiger partial charge in [0, 0.05) is 12.7 Å². The summed E-state index contributed by atoms with van der Waals surface area (Å²) in [5.74, 6) is 1.48. The largest absolute Gasteiger partial charge is 0.384 e. The van der Waals surface area contributed by atoms with Gasteiger partial charge in [0.2, 0.25) is 0 Å². The van der Waals surface area contributed by atoms with Crippen molar-refractivity contribution in [2.45, 2.75) is 25.8 Å². The minimum absolute atomic E-state index is 0.327. The smallest absolute Gasteiger partial charge is 0.125 e. The highest BCUT2D eigenvalue weighted by Crippen LogP contribution is 2.40. The summed E-state index contributed by atoms with van der Waals surface area (Å²) in [5, 5.41) is 4.31. The molecule has 2 rings (SSSR count). The van der Waals surface area contributed by atoms with Crippen LogP contribution < -0.4 is 5.73 Å². The number of nitrogens with two attached hydrogens (primary N) is 1. The number of ether oxygens (including phenoxy) is 1. The van der Waals surface area contributed by atoms with Gasteiger partial charge >= 0.3 is 0 Å². The highest BCUT2D eigenvalue weighted by atomic mass is 16.5. The number of hydrogen-bond acceptors (Lipinski definition) is 3. The Morgan fingerprint density at radius 1 is 1.71 bits per heavy atom. The number of aryl methyl sites for hydroxylation is 1. The molecule has 1 aliphatic carbocycles. The summed E-state index contributed by atoms with van der Waals surface area (Å²) in [6, 6.07) is 0.327. The molecule has 0 aromatic carbocycles. The van der Waals surface area contributed by atoms with Gasteiger partial charge in [-0.05, 0) is 25.7 Å². The molecule has 0 amide bonds. The Bertz CT molecular complexity index is 317. The fourth-order valence-corrected chi connectivity index (χ4v) is 1.78. The predicted molar refractivity (Wildman–Crippen MR) is 55.0 cm³/mol. The SMILES string of the molecule is COCC(C1CC1)n1ncc(C)c1N. The zero-order chi connectivity index (χ0) is 10.1. The number of methoxy groups -OCH3 is 1. The molecule has 1 unspecified atom stereocenters. The fraction of sp³-hybridized carbons (Fsp3) is 0.700. The van der Waals surface area contributed by atoms with E-state index in [4.69, 9.17) is 10.5 Å². The molecule has 0 spiro atoms. The molecule has 1 fully saturated rings. The van der Waals surface area contributed by atoms with Crippen LogP contribution in [0.25, 0.3) is 0 Å². The van der Waals surface area contributed by atoms with Crippen molar-refractivity contribution in [3.05, 3.63) is 11.8 Å². The van der Waals surface area contributed by atoms with E-state index in [-0.39, 0.29) is 0 Å². The van der Waals surface area contributed by atoms with Crippen LogP contribution >= 0.6 is 0 Å². The van der Waals surface area contributed by atoms with E-state index in [9.17, 15) is 0 Å². The van der Waals surface area contributed by atoms with E-state index < -0.39 is 0 Å². The van der Waals surface area contributed by atoms with Crippen molar-refractivity contribution in [3.8, 4) is 0 Å². The van der Waals surface area contributed by atoms with Gasteiger partial charge in [0.15, 0.2) is 0 Å². The van der Waals surface area contributed by atoms with Crippen molar-refractivity contribution >= 4 is 5.82 Å². The van der Waals surface area contributed by atoms with E-state index in [1.165, 1.54) is 12.8 Å². The van der Waals surface area contributed by atoms with Gasteiger partial charge in [0.1, 0.15) is 5.82 Å². The second-order valence-corrected chi connectivity index (χ2v) is 4.02. The van der Waals surface area contributed by atoms with Crippen molar-refractivity contribution in [2.24, 2.45) is 5.92 Å². The Hall–Kier alpha value is -1.03. The normalized spacial score (nSPS) is 18.4. The molecule has 4 heteroatoms. The number of anilines is 1. The molecule has 1 atom stereocenters. The molecule has 1 aromatic rings. The van der Waals surface area contributed by atoms with Crippen LogP contribution in [-0.4, -0.2) is 23.5 Å². The van der Waals surface area contributed by atoms with Crippen molar-refractivity contribution < 1.29 is 4.74 Å². The number of hydrogen-bond donors (Lipinski definition) is 1. The Balaban J connectivity index is 2.20. The van der Waals surface area contributed by atoms with Crippen molar-refractivity contribution in [1.29, 1.82) is 0 Å². The summed E-state index contributed by atoms with van der Waals surface area (Å²) in [4.78, 5) is 0. The molecule has 1 aromatic heterocycles. The molecule has 1 heterocycles. The Morgan fingerprint density at radius 3 is 2.86 bits per heavy atom. The summed E-state index contributed by atoms with van der Waals surface area (Å²) in [6.45, 7) is 2.69. The predicted octanol–water partition coefficient (Wildman–Crippen LogP) is 1.37. The average Bonchev–Trinajstić information content (AvgIpc) is 2.94. The Morgan fingerprint density at radius 2 is 2.43 bits per heavy atom. The maximum Gasteiger partial charge on any atom is 0.125 e. The highest BCUT2D eigenvalue weighted by molar-refractivity contribution is 5.37. The molecule has 0 aliphatic heterocycles. The van der Waals surface area contributed by atoms with Crippen LogP contribution in [0.5, 0.6) is 0 Å². The lowest BCUT2D eigenvalue weighted by atomic mass is 10.2.